The number of amides is 1. The minimum atomic E-state index is -4.29. The SMILES string of the molecule is CCOC(=O)[C@@H](C)N(C(=O)OC(C)(C)C)S(=O)(=O)c1ccc(C)cc1. The first kappa shape index (κ1) is 21.0. The summed E-state index contributed by atoms with van der Waals surface area (Å²) in [5, 5.41) is 0. The van der Waals surface area contributed by atoms with Gasteiger partial charge in [0.05, 0.1) is 11.5 Å². The summed E-state index contributed by atoms with van der Waals surface area (Å²) in [6, 6.07) is 4.60. The Kier molecular flexibility index (Phi) is 6.59. The van der Waals surface area contributed by atoms with Gasteiger partial charge in [0.15, 0.2) is 0 Å². The Morgan fingerprint density at radius 3 is 2.12 bits per heavy atom. The van der Waals surface area contributed by atoms with Crippen LogP contribution in [0.2, 0.25) is 0 Å². The van der Waals surface area contributed by atoms with Crippen molar-refractivity contribution < 1.29 is 27.5 Å². The predicted molar refractivity (Wildman–Crippen MR) is 92.5 cm³/mol. The number of carbonyl (C=O) groups excluding carboxylic acids is 2. The van der Waals surface area contributed by atoms with Crippen LogP contribution < -0.4 is 0 Å². The summed E-state index contributed by atoms with van der Waals surface area (Å²) >= 11 is 0. The van der Waals surface area contributed by atoms with Gasteiger partial charge in [-0.3, -0.25) is 0 Å². The number of esters is 1. The van der Waals surface area contributed by atoms with Gasteiger partial charge >= 0.3 is 12.1 Å². The van der Waals surface area contributed by atoms with E-state index in [9.17, 15) is 18.0 Å². The fourth-order valence-electron chi connectivity index (χ4n) is 1.95. The molecule has 7 nitrogen and oxygen atoms in total. The van der Waals surface area contributed by atoms with Crippen LogP contribution in [0.25, 0.3) is 0 Å². The third kappa shape index (κ3) is 5.45. The van der Waals surface area contributed by atoms with E-state index in [2.05, 4.69) is 0 Å². The number of rotatable bonds is 5. The minimum Gasteiger partial charge on any atom is -0.464 e. The highest BCUT2D eigenvalue weighted by Crippen LogP contribution is 2.22. The lowest BCUT2D eigenvalue weighted by Crippen LogP contribution is -2.49. The molecule has 0 aliphatic carbocycles. The van der Waals surface area contributed by atoms with Crippen molar-refractivity contribution in [2.24, 2.45) is 0 Å². The molecule has 0 aromatic heterocycles. The van der Waals surface area contributed by atoms with Gasteiger partial charge in [0.25, 0.3) is 10.0 Å². The molecule has 1 aromatic carbocycles. The second-order valence-electron chi connectivity index (χ2n) is 6.52. The average molecular weight is 371 g/mol. The Bertz CT molecular complexity index is 719. The zero-order valence-corrected chi connectivity index (χ0v) is 16.2. The standard InChI is InChI=1S/C17H25NO6S/c1-7-23-15(19)13(3)18(16(20)24-17(4,5)6)25(21,22)14-10-8-12(2)9-11-14/h8-11,13H,7H2,1-6H3/t13-/m1/s1. The number of hydrogen-bond acceptors (Lipinski definition) is 6. The molecule has 25 heavy (non-hydrogen) atoms. The molecule has 0 radical (unpaired) electrons. The molecule has 0 saturated carbocycles. The van der Waals surface area contributed by atoms with Crippen molar-refractivity contribution in [3.05, 3.63) is 29.8 Å². The Morgan fingerprint density at radius 1 is 1.16 bits per heavy atom. The highest BCUT2D eigenvalue weighted by atomic mass is 32.2. The first-order chi connectivity index (χ1) is 11.4. The molecule has 0 spiro atoms. The topological polar surface area (TPSA) is 90.0 Å². The molecule has 1 amide bonds. The van der Waals surface area contributed by atoms with Crippen LogP contribution >= 0.6 is 0 Å². The summed E-state index contributed by atoms with van der Waals surface area (Å²) in [5.74, 6) is -0.830. The molecule has 8 heteroatoms. The molecule has 0 aliphatic heterocycles. The first-order valence-corrected chi connectivity index (χ1v) is 9.35. The summed E-state index contributed by atoms with van der Waals surface area (Å²) in [5.41, 5.74) is -0.0619. The molecule has 0 unspecified atom stereocenters. The van der Waals surface area contributed by atoms with Gasteiger partial charge in [0, 0.05) is 0 Å². The third-order valence-electron chi connectivity index (χ3n) is 3.13. The number of ether oxygens (including phenoxy) is 2. The van der Waals surface area contributed by atoms with Gasteiger partial charge in [0.1, 0.15) is 11.6 Å². The van der Waals surface area contributed by atoms with Crippen LogP contribution in [0, 0.1) is 6.92 Å². The second kappa shape index (κ2) is 7.86. The molecule has 1 atom stereocenters. The van der Waals surface area contributed by atoms with E-state index in [4.69, 9.17) is 9.47 Å². The highest BCUT2D eigenvalue weighted by molar-refractivity contribution is 7.89. The van der Waals surface area contributed by atoms with Crippen LogP contribution in [0.1, 0.15) is 40.2 Å². The van der Waals surface area contributed by atoms with Crippen LogP contribution in [0.15, 0.2) is 29.2 Å². The van der Waals surface area contributed by atoms with Gasteiger partial charge < -0.3 is 9.47 Å². The van der Waals surface area contributed by atoms with E-state index in [0.29, 0.717) is 4.31 Å². The second-order valence-corrected chi connectivity index (χ2v) is 8.34. The monoisotopic (exact) mass is 371 g/mol. The number of aryl methyl sites for hydroxylation is 1. The summed E-state index contributed by atoms with van der Waals surface area (Å²) in [6.45, 7) is 9.58. The maximum Gasteiger partial charge on any atom is 0.425 e. The molecule has 0 fully saturated rings. The fourth-order valence-corrected chi connectivity index (χ4v) is 3.40. The maximum atomic E-state index is 12.9. The van der Waals surface area contributed by atoms with Crippen molar-refractivity contribution in [3.8, 4) is 0 Å². The van der Waals surface area contributed by atoms with Crippen molar-refractivity contribution in [2.45, 2.75) is 58.1 Å². The Balaban J connectivity index is 3.36. The third-order valence-corrected chi connectivity index (χ3v) is 4.98. The molecule has 0 aliphatic rings. The van der Waals surface area contributed by atoms with E-state index >= 15 is 0 Å². The summed E-state index contributed by atoms with van der Waals surface area (Å²) in [4.78, 5) is 24.5. The van der Waals surface area contributed by atoms with Gasteiger partial charge in [-0.15, -0.1) is 0 Å². The van der Waals surface area contributed by atoms with Crippen molar-refractivity contribution in [3.63, 3.8) is 0 Å². The van der Waals surface area contributed by atoms with Gasteiger partial charge in [0.2, 0.25) is 0 Å². The average Bonchev–Trinajstić information content (AvgIpc) is 2.45. The zero-order valence-electron chi connectivity index (χ0n) is 15.4. The molecule has 0 bridgehead atoms. The number of hydrogen-bond donors (Lipinski definition) is 0. The molecule has 1 aromatic rings. The lowest BCUT2D eigenvalue weighted by atomic mass is 10.2. The van der Waals surface area contributed by atoms with Crippen molar-refractivity contribution in [2.75, 3.05) is 6.61 Å². The van der Waals surface area contributed by atoms with Crippen molar-refractivity contribution in [1.29, 1.82) is 0 Å². The van der Waals surface area contributed by atoms with Gasteiger partial charge in [-0.25, -0.2) is 18.0 Å². The Morgan fingerprint density at radius 2 is 1.68 bits per heavy atom. The first-order valence-electron chi connectivity index (χ1n) is 7.91. The summed E-state index contributed by atoms with van der Waals surface area (Å²) < 4.78 is 36.4. The smallest absolute Gasteiger partial charge is 0.425 e. The van der Waals surface area contributed by atoms with E-state index in [-0.39, 0.29) is 11.5 Å². The van der Waals surface area contributed by atoms with E-state index in [1.807, 2.05) is 6.92 Å². The van der Waals surface area contributed by atoms with Crippen molar-refractivity contribution >= 4 is 22.1 Å². The fraction of sp³-hybridized carbons (Fsp3) is 0.529. The van der Waals surface area contributed by atoms with E-state index in [1.165, 1.54) is 19.1 Å². The van der Waals surface area contributed by atoms with Crippen LogP contribution in [0.5, 0.6) is 0 Å². The summed E-state index contributed by atoms with van der Waals surface area (Å²) in [6.07, 6.45) is -1.13. The van der Waals surface area contributed by atoms with Crippen LogP contribution in [0.3, 0.4) is 0 Å². The molecule has 0 saturated heterocycles. The molecule has 140 valence electrons. The number of sulfonamides is 1. The number of benzene rings is 1. The molecular weight excluding hydrogens is 346 g/mol. The molecule has 0 heterocycles. The Hall–Kier alpha value is -2.09. The van der Waals surface area contributed by atoms with Crippen molar-refractivity contribution in [1.82, 2.24) is 4.31 Å². The lowest BCUT2D eigenvalue weighted by molar-refractivity contribution is -0.147. The molecule has 1 rings (SSSR count). The predicted octanol–water partition coefficient (Wildman–Crippen LogP) is 2.87. The summed E-state index contributed by atoms with van der Waals surface area (Å²) in [7, 11) is -4.29. The van der Waals surface area contributed by atoms with Crippen LogP contribution in [0.4, 0.5) is 4.79 Å². The minimum absolute atomic E-state index is 0.0654. The molecule has 0 N–H and O–H groups in total. The van der Waals surface area contributed by atoms with Crippen LogP contribution in [-0.4, -0.2) is 43.0 Å². The van der Waals surface area contributed by atoms with E-state index in [1.54, 1.807) is 39.8 Å². The van der Waals surface area contributed by atoms with Gasteiger partial charge in [-0.05, 0) is 53.7 Å². The van der Waals surface area contributed by atoms with Gasteiger partial charge in [-0.2, -0.15) is 4.31 Å². The van der Waals surface area contributed by atoms with E-state index < -0.39 is 33.7 Å². The largest absolute Gasteiger partial charge is 0.464 e. The lowest BCUT2D eigenvalue weighted by Gasteiger charge is -2.29. The number of carbonyl (C=O) groups is 2. The maximum absolute atomic E-state index is 12.9. The Labute approximate surface area is 149 Å². The quantitative estimate of drug-likeness (QED) is 0.739. The number of nitrogens with zero attached hydrogens (tertiary/aromatic N) is 1. The van der Waals surface area contributed by atoms with E-state index in [0.717, 1.165) is 5.56 Å². The zero-order chi connectivity index (χ0) is 19.4. The highest BCUT2D eigenvalue weighted by Gasteiger charge is 2.40. The normalized spacial score (nSPS) is 13.0. The van der Waals surface area contributed by atoms with Gasteiger partial charge in [-0.1, -0.05) is 17.7 Å². The van der Waals surface area contributed by atoms with Crippen LogP contribution in [-0.2, 0) is 24.3 Å². The molecular formula is C17H25NO6S.